The molecule has 2 aliphatic carbocycles. The van der Waals surface area contributed by atoms with Crippen LogP contribution in [0.4, 0.5) is 0 Å². The number of allylic oxidation sites excluding steroid dienone is 1. The zero-order valence-corrected chi connectivity index (χ0v) is 15.3. The first kappa shape index (κ1) is 17.3. The summed E-state index contributed by atoms with van der Waals surface area (Å²) in [5, 5.41) is 11.2. The number of aryl methyl sites for hydroxylation is 1. The van der Waals surface area contributed by atoms with Gasteiger partial charge in [0.2, 0.25) is 0 Å². The Morgan fingerprint density at radius 2 is 2.17 bits per heavy atom. The molecule has 132 valence electrons. The van der Waals surface area contributed by atoms with Crippen LogP contribution in [0.1, 0.15) is 63.5 Å². The highest BCUT2D eigenvalue weighted by atomic mass is 16.5. The number of carbonyl (C=O) groups is 1. The Kier molecular flexibility index (Phi) is 4.37. The van der Waals surface area contributed by atoms with Gasteiger partial charge < -0.3 is 14.3 Å². The van der Waals surface area contributed by atoms with Crippen molar-refractivity contribution in [2.24, 2.45) is 17.3 Å². The van der Waals surface area contributed by atoms with E-state index in [0.717, 1.165) is 36.1 Å². The standard InChI is InChI=1S/C20H28O4/c1-6-11(2)19(22)24-15-8-7-14-9-16-17(12(3)10-23-16)18(21)20(14,5)13(15)4/h6,10,13-15,18,21H,7-9H2,1-5H3. The van der Waals surface area contributed by atoms with Gasteiger partial charge in [0.1, 0.15) is 11.9 Å². The molecule has 1 fully saturated rings. The molecule has 1 N–H and O–H groups in total. The van der Waals surface area contributed by atoms with E-state index >= 15 is 0 Å². The Balaban J connectivity index is 1.89. The molecule has 2 aliphatic rings. The number of hydrogen-bond donors (Lipinski definition) is 1. The Morgan fingerprint density at radius 1 is 1.46 bits per heavy atom. The Labute approximate surface area is 143 Å². The van der Waals surface area contributed by atoms with Gasteiger partial charge in [-0.05, 0) is 45.1 Å². The van der Waals surface area contributed by atoms with E-state index < -0.39 is 6.10 Å². The van der Waals surface area contributed by atoms with Gasteiger partial charge in [-0.25, -0.2) is 4.79 Å². The summed E-state index contributed by atoms with van der Waals surface area (Å²) in [4.78, 5) is 12.2. The van der Waals surface area contributed by atoms with Gasteiger partial charge in [0.25, 0.3) is 0 Å². The largest absolute Gasteiger partial charge is 0.469 e. The van der Waals surface area contributed by atoms with Crippen molar-refractivity contribution >= 4 is 5.97 Å². The van der Waals surface area contributed by atoms with E-state index in [1.807, 2.05) is 13.8 Å². The highest BCUT2D eigenvalue weighted by molar-refractivity contribution is 5.87. The lowest BCUT2D eigenvalue weighted by molar-refractivity contribution is -0.168. The van der Waals surface area contributed by atoms with Crippen LogP contribution in [0.3, 0.4) is 0 Å². The lowest BCUT2D eigenvalue weighted by Gasteiger charge is -2.53. The molecule has 5 unspecified atom stereocenters. The van der Waals surface area contributed by atoms with Crippen molar-refractivity contribution in [3.05, 3.63) is 34.8 Å². The molecule has 4 nitrogen and oxygen atoms in total. The Hall–Kier alpha value is -1.55. The minimum atomic E-state index is -0.579. The zero-order valence-electron chi connectivity index (χ0n) is 15.3. The van der Waals surface area contributed by atoms with Crippen LogP contribution < -0.4 is 0 Å². The molecule has 0 radical (unpaired) electrons. The fourth-order valence-electron chi connectivity index (χ4n) is 4.57. The van der Waals surface area contributed by atoms with Gasteiger partial charge >= 0.3 is 5.97 Å². The number of aliphatic hydroxyl groups is 1. The van der Waals surface area contributed by atoms with E-state index in [1.165, 1.54) is 0 Å². The SMILES string of the molecule is CC=C(C)C(=O)OC1CCC2Cc3occ(C)c3C(O)C2(C)C1C. The molecule has 0 aromatic carbocycles. The molecule has 0 amide bonds. The van der Waals surface area contributed by atoms with Crippen molar-refractivity contribution in [2.45, 2.75) is 66.1 Å². The maximum absolute atomic E-state index is 12.2. The molecule has 5 atom stereocenters. The molecule has 0 aliphatic heterocycles. The number of fused-ring (bicyclic) bond motifs is 2. The van der Waals surface area contributed by atoms with E-state index in [0.29, 0.717) is 11.5 Å². The summed E-state index contributed by atoms with van der Waals surface area (Å²) in [6.07, 6.45) is 5.41. The van der Waals surface area contributed by atoms with Crippen LogP contribution in [0.2, 0.25) is 0 Å². The van der Waals surface area contributed by atoms with Gasteiger partial charge in [0.15, 0.2) is 0 Å². The van der Waals surface area contributed by atoms with Crippen molar-refractivity contribution in [1.82, 2.24) is 0 Å². The van der Waals surface area contributed by atoms with Crippen LogP contribution in [0.25, 0.3) is 0 Å². The Morgan fingerprint density at radius 3 is 2.83 bits per heavy atom. The minimum Gasteiger partial charge on any atom is -0.469 e. The predicted octanol–water partition coefficient (Wildman–Crippen LogP) is 4.11. The van der Waals surface area contributed by atoms with Crippen LogP contribution in [0, 0.1) is 24.2 Å². The third-order valence-electron chi connectivity index (χ3n) is 6.63. The summed E-state index contributed by atoms with van der Waals surface area (Å²) in [5.41, 5.74) is 2.27. The van der Waals surface area contributed by atoms with Gasteiger partial charge in [-0.15, -0.1) is 0 Å². The molecule has 24 heavy (non-hydrogen) atoms. The van der Waals surface area contributed by atoms with Crippen LogP contribution in [-0.4, -0.2) is 17.2 Å². The first-order valence-electron chi connectivity index (χ1n) is 8.89. The van der Waals surface area contributed by atoms with E-state index in [4.69, 9.17) is 9.15 Å². The quantitative estimate of drug-likeness (QED) is 0.654. The van der Waals surface area contributed by atoms with Gasteiger partial charge in [-0.1, -0.05) is 19.9 Å². The van der Waals surface area contributed by atoms with Crippen LogP contribution in [0.15, 0.2) is 22.3 Å². The van der Waals surface area contributed by atoms with Crippen LogP contribution in [-0.2, 0) is 16.0 Å². The fourth-order valence-corrected chi connectivity index (χ4v) is 4.57. The van der Waals surface area contributed by atoms with Crippen molar-refractivity contribution in [2.75, 3.05) is 0 Å². The number of hydrogen-bond acceptors (Lipinski definition) is 4. The average molecular weight is 332 g/mol. The molecule has 0 bridgehead atoms. The second-order valence-corrected chi connectivity index (χ2v) is 7.71. The first-order valence-corrected chi connectivity index (χ1v) is 8.89. The van der Waals surface area contributed by atoms with Gasteiger partial charge in [0.05, 0.1) is 12.4 Å². The monoisotopic (exact) mass is 332 g/mol. The summed E-state index contributed by atoms with van der Waals surface area (Å²) < 4.78 is 11.4. The average Bonchev–Trinajstić information content (AvgIpc) is 2.93. The fraction of sp³-hybridized carbons (Fsp3) is 0.650. The lowest BCUT2D eigenvalue weighted by Crippen LogP contribution is -2.52. The van der Waals surface area contributed by atoms with Crippen molar-refractivity contribution in [1.29, 1.82) is 0 Å². The van der Waals surface area contributed by atoms with E-state index in [9.17, 15) is 9.90 Å². The number of rotatable bonds is 2. The van der Waals surface area contributed by atoms with Crippen molar-refractivity contribution in [3.8, 4) is 0 Å². The number of esters is 1. The molecule has 1 saturated carbocycles. The van der Waals surface area contributed by atoms with Gasteiger partial charge in [-0.2, -0.15) is 0 Å². The molecule has 3 rings (SSSR count). The maximum atomic E-state index is 12.2. The zero-order chi connectivity index (χ0) is 17.6. The molecular weight excluding hydrogens is 304 g/mol. The number of furan rings is 1. The molecular formula is C20H28O4. The van der Waals surface area contributed by atoms with Crippen LogP contribution >= 0.6 is 0 Å². The molecule has 0 spiro atoms. The predicted molar refractivity (Wildman–Crippen MR) is 91.4 cm³/mol. The van der Waals surface area contributed by atoms with Crippen LogP contribution in [0.5, 0.6) is 0 Å². The summed E-state index contributed by atoms with van der Waals surface area (Å²) in [6, 6.07) is 0. The normalized spacial score (nSPS) is 36.0. The smallest absolute Gasteiger partial charge is 0.333 e. The second kappa shape index (κ2) is 6.07. The summed E-state index contributed by atoms with van der Waals surface area (Å²) >= 11 is 0. The topological polar surface area (TPSA) is 59.7 Å². The third-order valence-corrected chi connectivity index (χ3v) is 6.63. The number of ether oxygens (including phenoxy) is 1. The van der Waals surface area contributed by atoms with E-state index in [1.54, 1.807) is 19.3 Å². The van der Waals surface area contributed by atoms with Crippen molar-refractivity contribution < 1.29 is 19.1 Å². The van der Waals surface area contributed by atoms with Crippen molar-refractivity contribution in [3.63, 3.8) is 0 Å². The summed E-state index contributed by atoms with van der Waals surface area (Å²) in [7, 11) is 0. The highest BCUT2D eigenvalue weighted by Gasteiger charge is 2.55. The number of carbonyl (C=O) groups excluding carboxylic acids is 1. The number of aliphatic hydroxyl groups excluding tert-OH is 1. The summed E-state index contributed by atoms with van der Waals surface area (Å²) in [6.45, 7) is 9.85. The first-order chi connectivity index (χ1) is 11.3. The molecule has 4 heteroatoms. The maximum Gasteiger partial charge on any atom is 0.333 e. The second-order valence-electron chi connectivity index (χ2n) is 7.71. The molecule has 1 aromatic rings. The molecule has 0 saturated heterocycles. The lowest BCUT2D eigenvalue weighted by atomic mass is 9.53. The van der Waals surface area contributed by atoms with Gasteiger partial charge in [0, 0.05) is 28.9 Å². The molecule has 1 aromatic heterocycles. The van der Waals surface area contributed by atoms with Gasteiger partial charge in [-0.3, -0.25) is 0 Å². The van der Waals surface area contributed by atoms with E-state index in [2.05, 4.69) is 13.8 Å². The Bertz CT molecular complexity index is 671. The van der Waals surface area contributed by atoms with E-state index in [-0.39, 0.29) is 23.4 Å². The minimum absolute atomic E-state index is 0.0855. The molecule has 1 heterocycles. The highest BCUT2D eigenvalue weighted by Crippen LogP contribution is 2.58. The third kappa shape index (κ3) is 2.43. The summed E-state index contributed by atoms with van der Waals surface area (Å²) in [5.74, 6) is 1.11.